The Morgan fingerprint density at radius 2 is 1.61 bits per heavy atom. The third-order valence-electron chi connectivity index (χ3n) is 6.90. The van der Waals surface area contributed by atoms with Gasteiger partial charge in [0.1, 0.15) is 0 Å². The third-order valence-corrected chi connectivity index (χ3v) is 6.90. The molecule has 3 aromatic carbocycles. The zero-order valence-electron chi connectivity index (χ0n) is 22.4. The fourth-order valence-electron chi connectivity index (χ4n) is 4.67. The lowest BCUT2D eigenvalue weighted by molar-refractivity contribution is 0.0947. The van der Waals surface area contributed by atoms with E-state index in [9.17, 15) is 9.59 Å². The number of methoxy groups -OCH3 is 1. The van der Waals surface area contributed by atoms with Crippen molar-refractivity contribution in [3.63, 3.8) is 0 Å². The maximum absolute atomic E-state index is 13.3. The Bertz CT molecular complexity index is 1190. The van der Waals surface area contributed by atoms with Gasteiger partial charge in [0.05, 0.1) is 5.56 Å². The molecule has 0 aromatic heterocycles. The minimum absolute atomic E-state index is 0.147. The van der Waals surface area contributed by atoms with Crippen molar-refractivity contribution in [3.05, 3.63) is 95.1 Å². The lowest BCUT2D eigenvalue weighted by Crippen LogP contribution is -2.46. The first-order valence-electron chi connectivity index (χ1n) is 13.4. The normalized spacial score (nSPS) is 13.8. The summed E-state index contributed by atoms with van der Waals surface area (Å²) in [6.45, 7) is 7.60. The highest BCUT2D eigenvalue weighted by Crippen LogP contribution is 2.26. The molecule has 1 heterocycles. The summed E-state index contributed by atoms with van der Waals surface area (Å²) in [6, 6.07) is 23.7. The van der Waals surface area contributed by atoms with Crippen molar-refractivity contribution >= 4 is 23.2 Å². The molecule has 38 heavy (non-hydrogen) atoms. The first-order chi connectivity index (χ1) is 18.6. The molecule has 0 aliphatic carbocycles. The van der Waals surface area contributed by atoms with Gasteiger partial charge in [-0.25, -0.2) is 0 Å². The fourth-order valence-corrected chi connectivity index (χ4v) is 4.67. The number of nitrogens with one attached hydrogen (secondary N) is 2. The predicted molar refractivity (Wildman–Crippen MR) is 153 cm³/mol. The van der Waals surface area contributed by atoms with Crippen molar-refractivity contribution in [2.45, 2.75) is 26.3 Å². The van der Waals surface area contributed by atoms with Crippen LogP contribution in [-0.4, -0.2) is 63.2 Å². The summed E-state index contributed by atoms with van der Waals surface area (Å²) in [5.74, 6) is -0.340. The van der Waals surface area contributed by atoms with Crippen LogP contribution >= 0.6 is 0 Å². The average molecular weight is 515 g/mol. The van der Waals surface area contributed by atoms with Gasteiger partial charge in [-0.15, -0.1) is 0 Å². The number of nitrogens with zero attached hydrogens (tertiary/aromatic N) is 2. The van der Waals surface area contributed by atoms with Crippen LogP contribution in [0.4, 0.5) is 11.4 Å². The molecule has 7 heteroatoms. The van der Waals surface area contributed by atoms with Crippen LogP contribution in [-0.2, 0) is 17.7 Å². The summed E-state index contributed by atoms with van der Waals surface area (Å²) in [4.78, 5) is 30.8. The highest BCUT2D eigenvalue weighted by atomic mass is 16.5. The van der Waals surface area contributed by atoms with Crippen molar-refractivity contribution in [1.29, 1.82) is 0 Å². The zero-order chi connectivity index (χ0) is 26.7. The van der Waals surface area contributed by atoms with Gasteiger partial charge >= 0.3 is 0 Å². The lowest BCUT2D eigenvalue weighted by atomic mass is 10.1. The molecule has 0 unspecified atom stereocenters. The van der Waals surface area contributed by atoms with Gasteiger partial charge < -0.3 is 20.3 Å². The fraction of sp³-hybridized carbons (Fsp3) is 0.355. The van der Waals surface area contributed by atoms with Gasteiger partial charge in [-0.1, -0.05) is 49.4 Å². The van der Waals surface area contributed by atoms with Crippen LogP contribution < -0.4 is 15.5 Å². The van der Waals surface area contributed by atoms with E-state index in [1.165, 1.54) is 11.1 Å². The molecule has 4 rings (SSSR count). The van der Waals surface area contributed by atoms with Crippen molar-refractivity contribution in [1.82, 2.24) is 10.2 Å². The molecule has 1 saturated heterocycles. The largest absolute Gasteiger partial charge is 0.385 e. The van der Waals surface area contributed by atoms with Crippen LogP contribution in [0.25, 0.3) is 0 Å². The SMILES string of the molecule is CCc1ccc(C(=O)Nc2ccc(N3CCN(Cc4ccccc4)CC3)c(C(=O)NCCCOC)c2)cc1. The van der Waals surface area contributed by atoms with Gasteiger partial charge in [0.25, 0.3) is 11.8 Å². The van der Waals surface area contributed by atoms with Crippen molar-refractivity contribution in [3.8, 4) is 0 Å². The number of amides is 2. The van der Waals surface area contributed by atoms with E-state index in [1.807, 2.05) is 42.5 Å². The Hall–Kier alpha value is -3.68. The van der Waals surface area contributed by atoms with E-state index in [-0.39, 0.29) is 11.8 Å². The Morgan fingerprint density at radius 3 is 2.29 bits per heavy atom. The predicted octanol–water partition coefficient (Wildman–Crippen LogP) is 4.59. The van der Waals surface area contributed by atoms with Gasteiger partial charge in [0, 0.05) is 69.9 Å². The number of aryl methyl sites for hydroxylation is 1. The molecule has 1 aliphatic rings. The molecular formula is C31H38N4O3. The smallest absolute Gasteiger partial charge is 0.255 e. The second-order valence-electron chi connectivity index (χ2n) is 9.59. The van der Waals surface area contributed by atoms with Gasteiger partial charge in [-0.05, 0) is 54.3 Å². The number of piperazine rings is 1. The van der Waals surface area contributed by atoms with Crippen molar-refractivity contribution in [2.75, 3.05) is 56.7 Å². The first-order valence-corrected chi connectivity index (χ1v) is 13.4. The number of carbonyl (C=O) groups excluding carboxylic acids is 2. The van der Waals surface area contributed by atoms with E-state index in [1.54, 1.807) is 13.2 Å². The molecule has 0 radical (unpaired) electrons. The summed E-state index contributed by atoms with van der Waals surface area (Å²) in [6.07, 6.45) is 1.66. The van der Waals surface area contributed by atoms with Crippen molar-refractivity contribution < 1.29 is 14.3 Å². The number of rotatable bonds is 11. The molecule has 7 nitrogen and oxygen atoms in total. The van der Waals surface area contributed by atoms with Gasteiger partial charge in [0.15, 0.2) is 0 Å². The molecular weight excluding hydrogens is 476 g/mol. The average Bonchev–Trinajstić information content (AvgIpc) is 2.96. The number of anilines is 2. The number of carbonyl (C=O) groups is 2. The summed E-state index contributed by atoms with van der Waals surface area (Å²) >= 11 is 0. The van der Waals surface area contributed by atoms with Crippen LogP contribution in [0.2, 0.25) is 0 Å². The highest BCUT2D eigenvalue weighted by Gasteiger charge is 2.22. The van der Waals surface area contributed by atoms with E-state index in [0.717, 1.165) is 51.3 Å². The maximum atomic E-state index is 13.3. The van der Waals surface area contributed by atoms with E-state index < -0.39 is 0 Å². The Morgan fingerprint density at radius 1 is 0.868 bits per heavy atom. The Kier molecular flexibility index (Phi) is 9.90. The van der Waals surface area contributed by atoms with Gasteiger partial charge in [0.2, 0.25) is 0 Å². The van der Waals surface area contributed by atoms with Gasteiger partial charge in [-0.3, -0.25) is 14.5 Å². The highest BCUT2D eigenvalue weighted by molar-refractivity contribution is 6.06. The molecule has 0 spiro atoms. The number of benzene rings is 3. The monoisotopic (exact) mass is 514 g/mol. The summed E-state index contributed by atoms with van der Waals surface area (Å²) in [7, 11) is 1.65. The first kappa shape index (κ1) is 27.4. The molecule has 200 valence electrons. The van der Waals surface area contributed by atoms with E-state index in [2.05, 4.69) is 51.6 Å². The molecule has 0 saturated carbocycles. The van der Waals surface area contributed by atoms with E-state index in [4.69, 9.17) is 4.74 Å². The van der Waals surface area contributed by atoms with Crippen LogP contribution in [0.15, 0.2) is 72.8 Å². The number of hydrogen-bond acceptors (Lipinski definition) is 5. The third kappa shape index (κ3) is 7.43. The van der Waals surface area contributed by atoms with Crippen LogP contribution in [0, 0.1) is 0 Å². The number of ether oxygens (including phenoxy) is 1. The van der Waals surface area contributed by atoms with Crippen molar-refractivity contribution in [2.24, 2.45) is 0 Å². The summed E-state index contributed by atoms with van der Waals surface area (Å²) in [5, 5.41) is 5.98. The van der Waals surface area contributed by atoms with Gasteiger partial charge in [-0.2, -0.15) is 0 Å². The molecule has 1 fully saturated rings. The van der Waals surface area contributed by atoms with Crippen LogP contribution in [0.1, 0.15) is 45.2 Å². The summed E-state index contributed by atoms with van der Waals surface area (Å²) in [5.41, 5.74) is 5.13. The topological polar surface area (TPSA) is 73.9 Å². The minimum Gasteiger partial charge on any atom is -0.385 e. The standard InChI is InChI=1S/C31H38N4O3/c1-3-24-10-12-26(13-11-24)30(36)33-27-14-15-29(28(22-27)31(37)32-16-7-21-38-2)35-19-17-34(18-20-35)23-25-8-5-4-6-9-25/h4-6,8-15,22H,3,7,16-21,23H2,1-2H3,(H,32,37)(H,33,36). The Balaban J connectivity index is 1.47. The van der Waals surface area contributed by atoms with E-state index >= 15 is 0 Å². The number of hydrogen-bond donors (Lipinski definition) is 2. The minimum atomic E-state index is -0.193. The Labute approximate surface area is 225 Å². The molecule has 2 amide bonds. The second kappa shape index (κ2) is 13.7. The molecule has 1 aliphatic heterocycles. The molecule has 2 N–H and O–H groups in total. The molecule has 0 atom stereocenters. The quantitative estimate of drug-likeness (QED) is 0.366. The molecule has 0 bridgehead atoms. The molecule has 3 aromatic rings. The lowest BCUT2D eigenvalue weighted by Gasteiger charge is -2.37. The van der Waals surface area contributed by atoms with Crippen LogP contribution in [0.5, 0.6) is 0 Å². The maximum Gasteiger partial charge on any atom is 0.255 e. The van der Waals surface area contributed by atoms with Crippen LogP contribution in [0.3, 0.4) is 0 Å². The summed E-state index contributed by atoms with van der Waals surface area (Å²) < 4.78 is 5.11. The second-order valence-corrected chi connectivity index (χ2v) is 9.59. The zero-order valence-corrected chi connectivity index (χ0v) is 22.4. The van der Waals surface area contributed by atoms with E-state index in [0.29, 0.717) is 30.0 Å².